The first-order valence-corrected chi connectivity index (χ1v) is 4.95. The number of aromatic hydroxyl groups is 1. The van der Waals surface area contributed by atoms with Crippen molar-refractivity contribution in [1.29, 1.82) is 0 Å². The van der Waals surface area contributed by atoms with Crippen LogP contribution < -0.4 is 9.47 Å². The lowest BCUT2D eigenvalue weighted by atomic mass is 10.3. The van der Waals surface area contributed by atoms with Gasteiger partial charge in [0.2, 0.25) is 0 Å². The van der Waals surface area contributed by atoms with Crippen molar-refractivity contribution in [3.63, 3.8) is 0 Å². The Morgan fingerprint density at radius 1 is 1.39 bits per heavy atom. The van der Waals surface area contributed by atoms with E-state index in [1.165, 1.54) is 19.1 Å². The van der Waals surface area contributed by atoms with E-state index in [-0.39, 0.29) is 22.8 Å². The summed E-state index contributed by atoms with van der Waals surface area (Å²) in [5.74, 6) is -1.99. The van der Waals surface area contributed by atoms with E-state index in [1.54, 1.807) is 0 Å². The van der Waals surface area contributed by atoms with Gasteiger partial charge in [0.1, 0.15) is 5.75 Å². The molecule has 96 valence electrons. The molecule has 0 saturated heterocycles. The molecule has 0 saturated carbocycles. The van der Waals surface area contributed by atoms with E-state index in [4.69, 9.17) is 14.6 Å². The van der Waals surface area contributed by atoms with Crippen LogP contribution in [0.2, 0.25) is 0 Å². The number of phenolic OH excluding ortho intramolecular Hbond substituents is 1. The number of esters is 1. The molecule has 0 fully saturated rings. The monoisotopic (exact) mass is 252 g/mol. The molecular weight excluding hydrogens is 240 g/mol. The number of aliphatic carboxylic acids is 1. The van der Waals surface area contributed by atoms with E-state index in [0.29, 0.717) is 0 Å². The third kappa shape index (κ3) is 3.82. The third-order valence-corrected chi connectivity index (χ3v) is 1.84. The van der Waals surface area contributed by atoms with Gasteiger partial charge in [0.05, 0.1) is 0 Å². The van der Waals surface area contributed by atoms with Crippen LogP contribution in [0.25, 0.3) is 0 Å². The number of benzene rings is 1. The molecule has 1 rings (SSSR count). The first-order chi connectivity index (χ1) is 8.40. The largest absolute Gasteiger partial charge is 0.504 e. The van der Waals surface area contributed by atoms with Crippen molar-refractivity contribution in [1.82, 2.24) is 0 Å². The molecule has 1 aromatic carbocycles. The van der Waals surface area contributed by atoms with E-state index in [9.17, 15) is 14.7 Å². The molecule has 0 heterocycles. The highest BCUT2D eigenvalue weighted by Gasteiger charge is 2.10. The van der Waals surface area contributed by atoms with Crippen LogP contribution in [0.4, 0.5) is 0 Å². The molecule has 0 radical (unpaired) electrons. The van der Waals surface area contributed by atoms with Crippen molar-refractivity contribution < 1.29 is 29.3 Å². The van der Waals surface area contributed by atoms with Gasteiger partial charge in [-0.1, -0.05) is 6.58 Å². The molecule has 0 bridgehead atoms. The zero-order chi connectivity index (χ0) is 13.7. The second-order valence-corrected chi connectivity index (χ2v) is 3.48. The van der Waals surface area contributed by atoms with Crippen LogP contribution in [0.3, 0.4) is 0 Å². The standard InChI is InChI=1S/C12H12O6/c1-7(2)12(16)18-8-3-4-10(9(13)5-8)17-6-11(14)15/h3-5,13H,1,6H2,2H3,(H,14,15). The van der Waals surface area contributed by atoms with Gasteiger partial charge in [-0.15, -0.1) is 0 Å². The second-order valence-electron chi connectivity index (χ2n) is 3.48. The summed E-state index contributed by atoms with van der Waals surface area (Å²) < 4.78 is 9.66. The van der Waals surface area contributed by atoms with Crippen molar-refractivity contribution >= 4 is 11.9 Å². The number of carboxylic acid groups (broad SMARTS) is 1. The van der Waals surface area contributed by atoms with Crippen molar-refractivity contribution in [2.75, 3.05) is 6.61 Å². The summed E-state index contributed by atoms with van der Waals surface area (Å²) in [6, 6.07) is 3.83. The maximum absolute atomic E-state index is 11.2. The molecule has 0 amide bonds. The normalized spacial score (nSPS) is 9.61. The number of phenols is 1. The Balaban J connectivity index is 2.76. The topological polar surface area (TPSA) is 93.1 Å². The van der Waals surface area contributed by atoms with E-state index >= 15 is 0 Å². The Kier molecular flexibility index (Phi) is 4.31. The molecule has 2 N–H and O–H groups in total. The summed E-state index contributed by atoms with van der Waals surface area (Å²) in [5.41, 5.74) is 0.223. The lowest BCUT2D eigenvalue weighted by Gasteiger charge is -2.08. The molecule has 18 heavy (non-hydrogen) atoms. The Labute approximate surface area is 103 Å². The van der Waals surface area contributed by atoms with Crippen LogP contribution in [-0.2, 0) is 9.59 Å². The molecule has 0 aliphatic heterocycles. The quantitative estimate of drug-likeness (QED) is 0.466. The number of carbonyl (C=O) groups excluding carboxylic acids is 1. The van der Waals surface area contributed by atoms with Gasteiger partial charge in [-0.25, -0.2) is 9.59 Å². The SMILES string of the molecule is C=C(C)C(=O)Oc1ccc(OCC(=O)O)c(O)c1. The number of hydrogen-bond acceptors (Lipinski definition) is 5. The zero-order valence-electron chi connectivity index (χ0n) is 9.67. The van der Waals surface area contributed by atoms with Crippen molar-refractivity contribution in [3.8, 4) is 17.2 Å². The van der Waals surface area contributed by atoms with E-state index in [2.05, 4.69) is 6.58 Å². The molecule has 0 aromatic heterocycles. The van der Waals surface area contributed by atoms with E-state index in [1.807, 2.05) is 0 Å². The van der Waals surface area contributed by atoms with Crippen LogP contribution in [0.1, 0.15) is 6.92 Å². The fourth-order valence-corrected chi connectivity index (χ4v) is 1.02. The molecular formula is C12H12O6. The molecule has 0 spiro atoms. The van der Waals surface area contributed by atoms with Crippen molar-refractivity contribution in [2.45, 2.75) is 6.92 Å². The van der Waals surface area contributed by atoms with E-state index in [0.717, 1.165) is 6.07 Å². The van der Waals surface area contributed by atoms with Gasteiger partial charge in [-0.3, -0.25) is 0 Å². The predicted octanol–water partition coefficient (Wildman–Crippen LogP) is 1.34. The maximum atomic E-state index is 11.2. The summed E-state index contributed by atoms with van der Waals surface area (Å²) in [5, 5.41) is 17.9. The first kappa shape index (κ1) is 13.6. The molecule has 6 heteroatoms. The second kappa shape index (κ2) is 5.72. The fraction of sp³-hybridized carbons (Fsp3) is 0.167. The number of hydrogen-bond donors (Lipinski definition) is 2. The van der Waals surface area contributed by atoms with Crippen LogP contribution in [0.15, 0.2) is 30.4 Å². The summed E-state index contributed by atoms with van der Waals surface area (Å²) in [6.07, 6.45) is 0. The summed E-state index contributed by atoms with van der Waals surface area (Å²) in [4.78, 5) is 21.5. The van der Waals surface area contributed by atoms with Gasteiger partial charge in [0, 0.05) is 11.6 Å². The predicted molar refractivity (Wildman–Crippen MR) is 61.7 cm³/mol. The Morgan fingerprint density at radius 3 is 2.56 bits per heavy atom. The molecule has 1 aromatic rings. The van der Waals surface area contributed by atoms with Crippen molar-refractivity contribution in [2.24, 2.45) is 0 Å². The minimum atomic E-state index is -1.16. The summed E-state index contributed by atoms with van der Waals surface area (Å²) >= 11 is 0. The number of ether oxygens (including phenoxy) is 2. The van der Waals surface area contributed by atoms with Gasteiger partial charge in [-0.2, -0.15) is 0 Å². The summed E-state index contributed by atoms with van der Waals surface area (Å²) in [7, 11) is 0. The Morgan fingerprint density at radius 2 is 2.06 bits per heavy atom. The number of rotatable bonds is 5. The first-order valence-electron chi connectivity index (χ1n) is 4.95. The average molecular weight is 252 g/mol. The summed E-state index contributed by atoms with van der Waals surface area (Å²) in [6.45, 7) is 4.33. The molecule has 0 aliphatic rings. The minimum Gasteiger partial charge on any atom is -0.504 e. The third-order valence-electron chi connectivity index (χ3n) is 1.84. The fourth-order valence-electron chi connectivity index (χ4n) is 1.02. The van der Waals surface area contributed by atoms with Gasteiger partial charge in [0.15, 0.2) is 18.1 Å². The Hall–Kier alpha value is -2.50. The van der Waals surface area contributed by atoms with Crippen LogP contribution in [-0.4, -0.2) is 28.8 Å². The number of carboxylic acids is 1. The highest BCUT2D eigenvalue weighted by atomic mass is 16.5. The lowest BCUT2D eigenvalue weighted by Crippen LogP contribution is -2.10. The van der Waals surface area contributed by atoms with Gasteiger partial charge >= 0.3 is 11.9 Å². The average Bonchev–Trinajstić information content (AvgIpc) is 2.27. The van der Waals surface area contributed by atoms with Gasteiger partial charge in [-0.05, 0) is 19.1 Å². The molecule has 6 nitrogen and oxygen atoms in total. The highest BCUT2D eigenvalue weighted by Crippen LogP contribution is 2.30. The molecule has 0 atom stereocenters. The van der Waals surface area contributed by atoms with Crippen molar-refractivity contribution in [3.05, 3.63) is 30.4 Å². The van der Waals surface area contributed by atoms with Crippen LogP contribution >= 0.6 is 0 Å². The smallest absolute Gasteiger partial charge is 0.341 e. The molecule has 0 aliphatic carbocycles. The van der Waals surface area contributed by atoms with Crippen LogP contribution in [0.5, 0.6) is 17.2 Å². The maximum Gasteiger partial charge on any atom is 0.341 e. The number of carbonyl (C=O) groups is 2. The minimum absolute atomic E-state index is 0.00692. The highest BCUT2D eigenvalue weighted by molar-refractivity contribution is 5.88. The Bertz CT molecular complexity index is 491. The van der Waals surface area contributed by atoms with E-state index < -0.39 is 18.5 Å². The van der Waals surface area contributed by atoms with Gasteiger partial charge in [0.25, 0.3) is 0 Å². The lowest BCUT2D eigenvalue weighted by molar-refractivity contribution is -0.139. The molecule has 0 unspecified atom stereocenters. The van der Waals surface area contributed by atoms with Crippen LogP contribution in [0, 0.1) is 0 Å². The zero-order valence-corrected chi connectivity index (χ0v) is 9.67. The van der Waals surface area contributed by atoms with Gasteiger partial charge < -0.3 is 19.7 Å².